The number of hydrogen-bond donors (Lipinski definition) is 0. The topological polar surface area (TPSA) is 52.8 Å². The van der Waals surface area contributed by atoms with E-state index in [0.29, 0.717) is 34.1 Å². The average molecular weight is 491 g/mol. The van der Waals surface area contributed by atoms with Crippen molar-refractivity contribution >= 4 is 22.6 Å². The van der Waals surface area contributed by atoms with Gasteiger partial charge < -0.3 is 9.30 Å². The molecule has 5 aromatic rings. The summed E-state index contributed by atoms with van der Waals surface area (Å²) in [5.74, 6) is 0.470. The maximum atomic E-state index is 15.2. The molecule has 0 saturated carbocycles. The van der Waals surface area contributed by atoms with E-state index in [1.807, 2.05) is 13.0 Å². The zero-order valence-electron chi connectivity index (χ0n) is 19.0. The van der Waals surface area contributed by atoms with Crippen LogP contribution < -0.4 is 4.74 Å². The first-order chi connectivity index (χ1) is 16.9. The van der Waals surface area contributed by atoms with E-state index in [-0.39, 0.29) is 11.9 Å². The van der Waals surface area contributed by atoms with Crippen LogP contribution in [0.2, 0.25) is 5.15 Å². The molecule has 0 bridgehead atoms. The number of rotatable bonds is 6. The fourth-order valence-corrected chi connectivity index (χ4v) is 4.30. The van der Waals surface area contributed by atoms with Gasteiger partial charge in [0.15, 0.2) is 0 Å². The predicted molar refractivity (Wildman–Crippen MR) is 132 cm³/mol. The monoisotopic (exact) mass is 490 g/mol. The summed E-state index contributed by atoms with van der Waals surface area (Å²) in [6, 6.07) is 16.5. The molecular weight excluding hydrogens is 470 g/mol. The van der Waals surface area contributed by atoms with Crippen molar-refractivity contribution < 1.29 is 13.5 Å². The molecule has 0 amide bonds. The molecule has 0 fully saturated rings. The van der Waals surface area contributed by atoms with Gasteiger partial charge in [-0.05, 0) is 48.4 Å². The first kappa shape index (κ1) is 22.9. The molecule has 0 aliphatic carbocycles. The summed E-state index contributed by atoms with van der Waals surface area (Å²) in [5, 5.41) is 0.404. The van der Waals surface area contributed by atoms with Crippen LogP contribution in [0.25, 0.3) is 22.2 Å². The number of halogens is 3. The lowest BCUT2D eigenvalue weighted by atomic mass is 10.0. The first-order valence-corrected chi connectivity index (χ1v) is 11.4. The number of pyridine rings is 2. The maximum absolute atomic E-state index is 15.2. The molecule has 3 aromatic heterocycles. The van der Waals surface area contributed by atoms with Crippen molar-refractivity contribution in [3.63, 3.8) is 0 Å². The summed E-state index contributed by atoms with van der Waals surface area (Å²) in [6.45, 7) is 2.01. The second-order valence-corrected chi connectivity index (χ2v) is 8.59. The van der Waals surface area contributed by atoms with Gasteiger partial charge in [0.1, 0.15) is 22.6 Å². The molecule has 35 heavy (non-hydrogen) atoms. The molecule has 1 unspecified atom stereocenters. The summed E-state index contributed by atoms with van der Waals surface area (Å²) in [5.41, 5.74) is 4.12. The number of benzene rings is 2. The Morgan fingerprint density at radius 2 is 1.77 bits per heavy atom. The van der Waals surface area contributed by atoms with Crippen molar-refractivity contribution in [3.8, 4) is 17.0 Å². The summed E-state index contributed by atoms with van der Waals surface area (Å²) in [6.07, 6.45) is 3.74. The van der Waals surface area contributed by atoms with E-state index in [9.17, 15) is 4.39 Å². The fraction of sp³-hybridized carbons (Fsp3) is 0.148. The highest BCUT2D eigenvalue weighted by atomic mass is 35.5. The average Bonchev–Trinajstić information content (AvgIpc) is 3.21. The van der Waals surface area contributed by atoms with Gasteiger partial charge in [0.05, 0.1) is 24.2 Å². The number of imidazole rings is 1. The molecule has 5 nitrogen and oxygen atoms in total. The summed E-state index contributed by atoms with van der Waals surface area (Å²) < 4.78 is 36.0. The van der Waals surface area contributed by atoms with Gasteiger partial charge in [-0.1, -0.05) is 29.8 Å². The Balaban J connectivity index is 1.67. The van der Waals surface area contributed by atoms with Crippen LogP contribution in [0.15, 0.2) is 73.1 Å². The largest absolute Gasteiger partial charge is 0.481 e. The first-order valence-electron chi connectivity index (χ1n) is 11.0. The van der Waals surface area contributed by atoms with Gasteiger partial charge in [0.25, 0.3) is 0 Å². The van der Waals surface area contributed by atoms with E-state index < -0.39 is 5.82 Å². The summed E-state index contributed by atoms with van der Waals surface area (Å²) >= 11 is 5.95. The molecule has 1 atom stereocenters. The maximum Gasteiger partial charge on any atom is 0.212 e. The lowest BCUT2D eigenvalue weighted by molar-refractivity contribution is 0.398. The van der Waals surface area contributed by atoms with Gasteiger partial charge in [-0.25, -0.2) is 23.7 Å². The predicted octanol–water partition coefficient (Wildman–Crippen LogP) is 6.63. The minimum Gasteiger partial charge on any atom is -0.481 e. The molecule has 0 N–H and O–H groups in total. The van der Waals surface area contributed by atoms with Crippen LogP contribution in [0.1, 0.15) is 29.9 Å². The minimum absolute atomic E-state index is 0.192. The van der Waals surface area contributed by atoms with E-state index >= 15 is 4.39 Å². The highest BCUT2D eigenvalue weighted by molar-refractivity contribution is 6.29. The van der Waals surface area contributed by atoms with E-state index in [2.05, 4.69) is 14.5 Å². The minimum atomic E-state index is -0.400. The van der Waals surface area contributed by atoms with Crippen molar-refractivity contribution in [2.75, 3.05) is 7.11 Å². The van der Waals surface area contributed by atoms with Gasteiger partial charge in [-0.2, -0.15) is 0 Å². The number of ether oxygens (including phenoxy) is 1. The number of hydrogen-bond acceptors (Lipinski definition) is 4. The van der Waals surface area contributed by atoms with Crippen LogP contribution in [-0.2, 0) is 6.42 Å². The standard InChI is InChI=1S/C27H21ClF2N4O/c1-16(18-4-7-20(29)8-5-18)34-24-12-21(19-6-10-27(35-2)32-15-19)22(30)13-23(24)33-26(34)11-17-3-9-25(28)31-14-17/h3-10,12-16H,11H2,1-2H3. The lowest BCUT2D eigenvalue weighted by Gasteiger charge is -2.19. The third-order valence-electron chi connectivity index (χ3n) is 6.00. The highest BCUT2D eigenvalue weighted by Gasteiger charge is 2.20. The van der Waals surface area contributed by atoms with Crippen molar-refractivity contribution in [1.29, 1.82) is 0 Å². The van der Waals surface area contributed by atoms with Crippen molar-refractivity contribution in [2.24, 2.45) is 0 Å². The Morgan fingerprint density at radius 1 is 0.971 bits per heavy atom. The Labute approximate surface area is 206 Å². The van der Waals surface area contributed by atoms with Crippen molar-refractivity contribution in [3.05, 3.63) is 107 Å². The molecule has 176 valence electrons. The van der Waals surface area contributed by atoms with Gasteiger partial charge >= 0.3 is 0 Å². The van der Waals surface area contributed by atoms with Crippen molar-refractivity contribution in [1.82, 2.24) is 19.5 Å². The van der Waals surface area contributed by atoms with Crippen LogP contribution in [-0.4, -0.2) is 26.6 Å². The Bertz CT molecular complexity index is 1480. The van der Waals surface area contributed by atoms with Crippen LogP contribution in [0.5, 0.6) is 5.88 Å². The molecule has 8 heteroatoms. The van der Waals surface area contributed by atoms with Crippen LogP contribution in [0, 0.1) is 11.6 Å². The zero-order chi connectivity index (χ0) is 24.5. The Kier molecular flexibility index (Phi) is 6.17. The Morgan fingerprint density at radius 3 is 2.43 bits per heavy atom. The smallest absolute Gasteiger partial charge is 0.212 e. The number of methoxy groups -OCH3 is 1. The quantitative estimate of drug-likeness (QED) is 0.250. The molecule has 5 rings (SSSR count). The Hall–Kier alpha value is -3.84. The summed E-state index contributed by atoms with van der Waals surface area (Å²) in [7, 11) is 1.53. The molecule has 0 saturated heterocycles. The normalized spacial score (nSPS) is 12.1. The third kappa shape index (κ3) is 4.59. The zero-order valence-corrected chi connectivity index (χ0v) is 19.8. The van der Waals surface area contributed by atoms with E-state index in [4.69, 9.17) is 21.3 Å². The number of nitrogens with zero attached hydrogens (tertiary/aromatic N) is 4. The summed E-state index contributed by atoms with van der Waals surface area (Å²) in [4.78, 5) is 13.1. The fourth-order valence-electron chi connectivity index (χ4n) is 4.19. The second kappa shape index (κ2) is 9.43. The van der Waals surface area contributed by atoms with Crippen LogP contribution in [0.4, 0.5) is 8.78 Å². The molecule has 0 aliphatic rings. The lowest BCUT2D eigenvalue weighted by Crippen LogP contribution is -2.11. The van der Waals surface area contributed by atoms with E-state index in [0.717, 1.165) is 22.5 Å². The van der Waals surface area contributed by atoms with Crippen LogP contribution >= 0.6 is 11.6 Å². The van der Waals surface area contributed by atoms with E-state index in [1.54, 1.807) is 48.8 Å². The van der Waals surface area contributed by atoms with Crippen LogP contribution in [0.3, 0.4) is 0 Å². The molecule has 0 aliphatic heterocycles. The van der Waals surface area contributed by atoms with E-state index in [1.165, 1.54) is 25.3 Å². The molecule has 0 spiro atoms. The molecule has 2 aromatic carbocycles. The second-order valence-electron chi connectivity index (χ2n) is 8.20. The SMILES string of the molecule is COc1ccc(-c2cc3c(cc2F)nc(Cc2ccc(Cl)nc2)n3C(C)c2ccc(F)cc2)cn1. The van der Waals surface area contributed by atoms with Crippen molar-refractivity contribution in [2.45, 2.75) is 19.4 Å². The molecular formula is C27H21ClF2N4O. The third-order valence-corrected chi connectivity index (χ3v) is 6.22. The number of aromatic nitrogens is 4. The van der Waals surface area contributed by atoms with Gasteiger partial charge in [-0.15, -0.1) is 0 Å². The molecule has 0 radical (unpaired) electrons. The van der Waals surface area contributed by atoms with Gasteiger partial charge in [0.2, 0.25) is 5.88 Å². The number of fused-ring (bicyclic) bond motifs is 1. The highest BCUT2D eigenvalue weighted by Crippen LogP contribution is 2.33. The van der Waals surface area contributed by atoms with Gasteiger partial charge in [-0.3, -0.25) is 0 Å². The molecule has 3 heterocycles. The van der Waals surface area contributed by atoms with Gasteiger partial charge in [0, 0.05) is 42.1 Å².